The van der Waals surface area contributed by atoms with Gasteiger partial charge in [0.2, 0.25) is 11.8 Å². The Balaban J connectivity index is 0.00000484. The topological polar surface area (TPSA) is 75.4 Å². The molecule has 1 aromatic carbocycles. The average molecular weight is 346 g/mol. The second-order valence-corrected chi connectivity index (χ2v) is 5.51. The summed E-state index contributed by atoms with van der Waals surface area (Å²) in [5, 5.41) is 2.64. The van der Waals surface area contributed by atoms with Gasteiger partial charge in [0, 0.05) is 11.7 Å². The van der Waals surface area contributed by atoms with Crippen LogP contribution in [0.15, 0.2) is 24.3 Å². The first-order valence-electron chi connectivity index (χ1n) is 7.46. The number of amides is 2. The highest BCUT2D eigenvalue weighted by Gasteiger charge is 2.24. The molecule has 130 valence electrons. The van der Waals surface area contributed by atoms with Crippen LogP contribution in [0.4, 0.5) is 10.1 Å². The van der Waals surface area contributed by atoms with Crippen molar-refractivity contribution < 1.29 is 14.0 Å². The summed E-state index contributed by atoms with van der Waals surface area (Å²) < 4.78 is 12.8. The third-order valence-electron chi connectivity index (χ3n) is 3.27. The Kier molecular flexibility index (Phi) is 9.44. The van der Waals surface area contributed by atoms with Crippen molar-refractivity contribution in [2.75, 3.05) is 11.9 Å². The fraction of sp³-hybridized carbons (Fsp3) is 0.500. The van der Waals surface area contributed by atoms with Gasteiger partial charge in [0.15, 0.2) is 0 Å². The SMILES string of the molecule is CCCC(N)C(=O)N(CC(=O)Nc1ccc(F)cc1)C(C)C.Cl. The number of hydrogen-bond donors (Lipinski definition) is 2. The van der Waals surface area contributed by atoms with E-state index in [0.717, 1.165) is 6.42 Å². The Labute approximate surface area is 142 Å². The lowest BCUT2D eigenvalue weighted by molar-refractivity contribution is -0.137. The first-order valence-corrected chi connectivity index (χ1v) is 7.46. The minimum Gasteiger partial charge on any atom is -0.330 e. The Morgan fingerprint density at radius 1 is 1.26 bits per heavy atom. The van der Waals surface area contributed by atoms with Gasteiger partial charge in [0.1, 0.15) is 12.4 Å². The molecule has 0 aliphatic rings. The van der Waals surface area contributed by atoms with Gasteiger partial charge in [0.05, 0.1) is 6.04 Å². The second-order valence-electron chi connectivity index (χ2n) is 5.51. The summed E-state index contributed by atoms with van der Waals surface area (Å²) in [6, 6.07) is 4.74. The summed E-state index contributed by atoms with van der Waals surface area (Å²) in [6.45, 7) is 5.54. The maximum atomic E-state index is 12.8. The molecule has 1 atom stereocenters. The van der Waals surface area contributed by atoms with Crippen molar-refractivity contribution >= 4 is 29.9 Å². The fourth-order valence-corrected chi connectivity index (χ4v) is 2.05. The lowest BCUT2D eigenvalue weighted by Gasteiger charge is -2.28. The van der Waals surface area contributed by atoms with Gasteiger partial charge in [-0.25, -0.2) is 4.39 Å². The van der Waals surface area contributed by atoms with Crippen LogP contribution in [-0.4, -0.2) is 35.3 Å². The quantitative estimate of drug-likeness (QED) is 0.797. The molecule has 0 saturated heterocycles. The third kappa shape index (κ3) is 6.97. The van der Waals surface area contributed by atoms with E-state index in [2.05, 4.69) is 5.32 Å². The van der Waals surface area contributed by atoms with E-state index in [0.29, 0.717) is 12.1 Å². The van der Waals surface area contributed by atoms with Crippen molar-refractivity contribution in [2.24, 2.45) is 5.73 Å². The van der Waals surface area contributed by atoms with Gasteiger partial charge >= 0.3 is 0 Å². The number of anilines is 1. The Bertz CT molecular complexity index is 509. The lowest BCUT2D eigenvalue weighted by atomic mass is 10.1. The standard InChI is InChI=1S/C16H24FN3O2.ClH/c1-4-5-14(18)16(22)20(11(2)3)10-15(21)19-13-8-6-12(17)7-9-13;/h6-9,11,14H,4-5,10,18H2,1-3H3,(H,19,21);1H. The van der Waals surface area contributed by atoms with Crippen LogP contribution in [0.2, 0.25) is 0 Å². The van der Waals surface area contributed by atoms with Crippen molar-refractivity contribution in [3.8, 4) is 0 Å². The van der Waals surface area contributed by atoms with Gasteiger partial charge < -0.3 is 16.0 Å². The Morgan fingerprint density at radius 3 is 2.30 bits per heavy atom. The van der Waals surface area contributed by atoms with Crippen LogP contribution in [0, 0.1) is 5.82 Å². The van der Waals surface area contributed by atoms with Gasteiger partial charge in [-0.05, 0) is 44.5 Å². The predicted molar refractivity (Wildman–Crippen MR) is 92.0 cm³/mol. The lowest BCUT2D eigenvalue weighted by Crippen LogP contribution is -2.49. The summed E-state index contributed by atoms with van der Waals surface area (Å²) in [5.41, 5.74) is 6.33. The molecule has 2 amide bonds. The number of benzene rings is 1. The molecule has 0 aliphatic carbocycles. The molecule has 0 spiro atoms. The van der Waals surface area contributed by atoms with Gasteiger partial charge in [0.25, 0.3) is 0 Å². The number of carbonyl (C=O) groups excluding carboxylic acids is 2. The first-order chi connectivity index (χ1) is 10.3. The van der Waals surface area contributed by atoms with Gasteiger partial charge in [-0.3, -0.25) is 9.59 Å². The summed E-state index contributed by atoms with van der Waals surface area (Å²) in [4.78, 5) is 25.8. The van der Waals surface area contributed by atoms with Gasteiger partial charge in [-0.1, -0.05) is 13.3 Å². The normalized spacial score (nSPS) is 11.6. The monoisotopic (exact) mass is 345 g/mol. The molecule has 0 radical (unpaired) electrons. The molecule has 0 aliphatic heterocycles. The number of nitrogens with zero attached hydrogens (tertiary/aromatic N) is 1. The zero-order valence-corrected chi connectivity index (χ0v) is 14.5. The van der Waals surface area contributed by atoms with Crippen LogP contribution in [0.1, 0.15) is 33.6 Å². The van der Waals surface area contributed by atoms with Crippen LogP contribution in [-0.2, 0) is 9.59 Å². The molecule has 0 fully saturated rings. The molecule has 0 saturated carbocycles. The fourth-order valence-electron chi connectivity index (χ4n) is 2.05. The molecule has 5 nitrogen and oxygen atoms in total. The van der Waals surface area contributed by atoms with Crippen LogP contribution < -0.4 is 11.1 Å². The average Bonchev–Trinajstić information content (AvgIpc) is 2.46. The maximum Gasteiger partial charge on any atom is 0.244 e. The minimum absolute atomic E-state index is 0. The zero-order chi connectivity index (χ0) is 16.7. The van der Waals surface area contributed by atoms with E-state index in [1.165, 1.54) is 29.2 Å². The summed E-state index contributed by atoms with van der Waals surface area (Å²) in [5.74, 6) is -0.939. The number of nitrogens with one attached hydrogen (secondary N) is 1. The van der Waals surface area contributed by atoms with E-state index < -0.39 is 6.04 Å². The van der Waals surface area contributed by atoms with E-state index >= 15 is 0 Å². The van der Waals surface area contributed by atoms with Crippen LogP contribution in [0.3, 0.4) is 0 Å². The minimum atomic E-state index is -0.592. The number of nitrogens with two attached hydrogens (primary N) is 1. The van der Waals surface area contributed by atoms with E-state index in [-0.39, 0.29) is 42.6 Å². The van der Waals surface area contributed by atoms with E-state index in [9.17, 15) is 14.0 Å². The maximum absolute atomic E-state index is 12.8. The predicted octanol–water partition coefficient (Wildman–Crippen LogP) is 2.55. The molecular weight excluding hydrogens is 321 g/mol. The summed E-state index contributed by atoms with van der Waals surface area (Å²) >= 11 is 0. The molecule has 3 N–H and O–H groups in total. The zero-order valence-electron chi connectivity index (χ0n) is 13.7. The van der Waals surface area contributed by atoms with E-state index in [4.69, 9.17) is 5.73 Å². The highest BCUT2D eigenvalue weighted by atomic mass is 35.5. The molecular formula is C16H25ClFN3O2. The number of rotatable bonds is 7. The molecule has 1 unspecified atom stereocenters. The van der Waals surface area contributed by atoms with Crippen molar-refractivity contribution in [1.29, 1.82) is 0 Å². The molecule has 0 bridgehead atoms. The van der Waals surface area contributed by atoms with Crippen LogP contribution in [0.5, 0.6) is 0 Å². The second kappa shape index (κ2) is 10.2. The van der Waals surface area contributed by atoms with E-state index in [1.807, 2.05) is 20.8 Å². The smallest absolute Gasteiger partial charge is 0.244 e. The van der Waals surface area contributed by atoms with E-state index in [1.54, 1.807) is 0 Å². The summed E-state index contributed by atoms with van der Waals surface area (Å²) in [6.07, 6.45) is 1.39. The molecule has 1 aromatic rings. The van der Waals surface area contributed by atoms with Crippen molar-refractivity contribution in [3.63, 3.8) is 0 Å². The molecule has 0 heterocycles. The van der Waals surface area contributed by atoms with Crippen molar-refractivity contribution in [1.82, 2.24) is 4.90 Å². The third-order valence-corrected chi connectivity index (χ3v) is 3.27. The first kappa shape index (κ1) is 21.3. The largest absolute Gasteiger partial charge is 0.330 e. The van der Waals surface area contributed by atoms with Crippen LogP contribution >= 0.6 is 12.4 Å². The number of halogens is 2. The molecule has 1 rings (SSSR count). The van der Waals surface area contributed by atoms with Gasteiger partial charge in [-0.2, -0.15) is 0 Å². The van der Waals surface area contributed by atoms with Crippen LogP contribution in [0.25, 0.3) is 0 Å². The number of carbonyl (C=O) groups is 2. The highest BCUT2D eigenvalue weighted by molar-refractivity contribution is 5.95. The van der Waals surface area contributed by atoms with Gasteiger partial charge in [-0.15, -0.1) is 12.4 Å². The summed E-state index contributed by atoms with van der Waals surface area (Å²) in [7, 11) is 0. The molecule has 0 aromatic heterocycles. The molecule has 23 heavy (non-hydrogen) atoms. The highest BCUT2D eigenvalue weighted by Crippen LogP contribution is 2.10. The molecule has 7 heteroatoms. The Morgan fingerprint density at radius 2 is 1.83 bits per heavy atom. The number of hydrogen-bond acceptors (Lipinski definition) is 3. The van der Waals surface area contributed by atoms with Crippen molar-refractivity contribution in [2.45, 2.75) is 45.7 Å². The van der Waals surface area contributed by atoms with Crippen molar-refractivity contribution in [3.05, 3.63) is 30.1 Å². The Hall–Kier alpha value is -1.66.